The number of fused-ring (bicyclic) bond motifs is 1. The monoisotopic (exact) mass is 294 g/mol. The molecule has 0 atom stereocenters. The van der Waals surface area contributed by atoms with E-state index >= 15 is 0 Å². The van der Waals surface area contributed by atoms with E-state index in [0.29, 0.717) is 11.3 Å². The number of nitrogens with zero attached hydrogens (tertiary/aromatic N) is 4. The molecule has 0 saturated carbocycles. The van der Waals surface area contributed by atoms with Crippen LogP contribution in [0.3, 0.4) is 0 Å². The van der Waals surface area contributed by atoms with Crippen molar-refractivity contribution in [1.29, 1.82) is 0 Å². The molecule has 2 heterocycles. The fourth-order valence-electron chi connectivity index (χ4n) is 2.15. The highest BCUT2D eigenvalue weighted by molar-refractivity contribution is 5.91. The summed E-state index contributed by atoms with van der Waals surface area (Å²) in [6, 6.07) is 11.1. The van der Waals surface area contributed by atoms with Crippen LogP contribution in [0.15, 0.2) is 52.8 Å². The average Bonchev–Trinajstić information content (AvgIpc) is 2.84. The van der Waals surface area contributed by atoms with Gasteiger partial charge in [-0.15, -0.1) is 10.2 Å². The lowest BCUT2D eigenvalue weighted by molar-refractivity contribution is 0.0692. The number of pyridine rings is 1. The molecule has 0 radical (unpaired) electrons. The Morgan fingerprint density at radius 3 is 2.64 bits per heavy atom. The maximum atomic E-state index is 11.4. The molecule has 2 aromatic heterocycles. The molecular formula is C16H14N4O2. The molecule has 0 amide bonds. The Morgan fingerprint density at radius 2 is 1.91 bits per heavy atom. The van der Waals surface area contributed by atoms with Gasteiger partial charge in [0, 0.05) is 6.20 Å². The highest BCUT2D eigenvalue weighted by Crippen LogP contribution is 2.26. The standard InChI is InChI=1S/C16H14N4O2/c1-10-7-8-13-17-14(16(21)22)15(20(13)9-10)19-18-12-6-4-3-5-11(12)2/h3-9H,1-2H3,(H,21,22). The third-order valence-corrected chi connectivity index (χ3v) is 3.31. The Kier molecular flexibility index (Phi) is 3.42. The van der Waals surface area contributed by atoms with E-state index in [9.17, 15) is 9.90 Å². The molecule has 3 rings (SSSR count). The van der Waals surface area contributed by atoms with Gasteiger partial charge in [-0.05, 0) is 37.1 Å². The zero-order valence-corrected chi connectivity index (χ0v) is 12.2. The van der Waals surface area contributed by atoms with Crippen molar-refractivity contribution in [2.45, 2.75) is 13.8 Å². The van der Waals surface area contributed by atoms with Gasteiger partial charge >= 0.3 is 5.97 Å². The van der Waals surface area contributed by atoms with Gasteiger partial charge in [0.25, 0.3) is 0 Å². The maximum Gasteiger partial charge on any atom is 0.358 e. The number of aryl methyl sites for hydroxylation is 2. The SMILES string of the molecule is Cc1ccc2nc(C(=O)O)c(N=Nc3ccccc3C)n2c1. The number of carboxylic acids is 1. The second kappa shape index (κ2) is 5.40. The summed E-state index contributed by atoms with van der Waals surface area (Å²) in [5, 5.41) is 17.6. The zero-order chi connectivity index (χ0) is 15.7. The van der Waals surface area contributed by atoms with Gasteiger partial charge in [0.05, 0.1) is 5.69 Å². The van der Waals surface area contributed by atoms with Gasteiger partial charge in [-0.25, -0.2) is 9.78 Å². The van der Waals surface area contributed by atoms with E-state index in [0.717, 1.165) is 11.1 Å². The molecule has 6 heteroatoms. The van der Waals surface area contributed by atoms with Crippen LogP contribution in [0.5, 0.6) is 0 Å². The Labute approximate surface area is 126 Å². The van der Waals surface area contributed by atoms with Gasteiger partial charge in [0.2, 0.25) is 0 Å². The second-order valence-corrected chi connectivity index (χ2v) is 5.01. The minimum atomic E-state index is -1.12. The number of aromatic nitrogens is 2. The predicted octanol–water partition coefficient (Wildman–Crippen LogP) is 4.06. The number of carboxylic acid groups (broad SMARTS) is 1. The molecule has 0 aliphatic heterocycles. The zero-order valence-electron chi connectivity index (χ0n) is 12.2. The van der Waals surface area contributed by atoms with Crippen LogP contribution in [0, 0.1) is 13.8 Å². The third-order valence-electron chi connectivity index (χ3n) is 3.31. The molecule has 1 aromatic carbocycles. The number of hydrogen-bond donors (Lipinski definition) is 1. The van der Waals surface area contributed by atoms with Crippen molar-refractivity contribution < 1.29 is 9.90 Å². The summed E-state index contributed by atoms with van der Waals surface area (Å²) >= 11 is 0. The normalized spacial score (nSPS) is 11.4. The summed E-state index contributed by atoms with van der Waals surface area (Å²) < 4.78 is 1.64. The Morgan fingerprint density at radius 1 is 1.14 bits per heavy atom. The summed E-state index contributed by atoms with van der Waals surface area (Å²) in [5.41, 5.74) is 3.06. The number of carbonyl (C=O) groups is 1. The van der Waals surface area contributed by atoms with E-state index in [-0.39, 0.29) is 11.5 Å². The highest BCUT2D eigenvalue weighted by atomic mass is 16.4. The van der Waals surface area contributed by atoms with E-state index in [4.69, 9.17) is 0 Å². The van der Waals surface area contributed by atoms with Gasteiger partial charge in [-0.2, -0.15) is 0 Å². The van der Waals surface area contributed by atoms with Crippen LogP contribution in [0.2, 0.25) is 0 Å². The van der Waals surface area contributed by atoms with Gasteiger partial charge in [0.1, 0.15) is 5.65 Å². The van der Waals surface area contributed by atoms with E-state index in [2.05, 4.69) is 15.2 Å². The fourth-order valence-corrected chi connectivity index (χ4v) is 2.15. The predicted molar refractivity (Wildman–Crippen MR) is 82.2 cm³/mol. The summed E-state index contributed by atoms with van der Waals surface area (Å²) in [4.78, 5) is 15.5. The Balaban J connectivity index is 2.16. The molecule has 0 saturated heterocycles. The first-order valence-corrected chi connectivity index (χ1v) is 6.75. The molecule has 6 nitrogen and oxygen atoms in total. The van der Waals surface area contributed by atoms with Crippen LogP contribution in [-0.2, 0) is 0 Å². The van der Waals surface area contributed by atoms with Crippen molar-refractivity contribution in [3.8, 4) is 0 Å². The first-order valence-electron chi connectivity index (χ1n) is 6.75. The van der Waals surface area contributed by atoms with Crippen molar-refractivity contribution in [3.63, 3.8) is 0 Å². The van der Waals surface area contributed by atoms with Crippen molar-refractivity contribution in [3.05, 3.63) is 59.4 Å². The van der Waals surface area contributed by atoms with E-state index in [1.165, 1.54) is 0 Å². The molecular weight excluding hydrogens is 280 g/mol. The summed E-state index contributed by atoms with van der Waals surface area (Å²) in [6.07, 6.45) is 1.79. The molecule has 0 unspecified atom stereocenters. The van der Waals surface area contributed by atoms with Crippen LogP contribution >= 0.6 is 0 Å². The number of benzene rings is 1. The van der Waals surface area contributed by atoms with E-state index in [1.54, 1.807) is 16.7 Å². The van der Waals surface area contributed by atoms with Crippen molar-refractivity contribution in [2.24, 2.45) is 10.2 Å². The van der Waals surface area contributed by atoms with Crippen molar-refractivity contribution in [1.82, 2.24) is 9.38 Å². The molecule has 3 aromatic rings. The van der Waals surface area contributed by atoms with Gasteiger partial charge in [-0.1, -0.05) is 24.3 Å². The van der Waals surface area contributed by atoms with Crippen molar-refractivity contribution >= 4 is 23.1 Å². The minimum Gasteiger partial charge on any atom is -0.476 e. The number of aromatic carboxylic acids is 1. The summed E-state index contributed by atoms with van der Waals surface area (Å²) in [6.45, 7) is 3.84. The maximum absolute atomic E-state index is 11.4. The fraction of sp³-hybridized carbons (Fsp3) is 0.125. The van der Waals surface area contributed by atoms with Crippen LogP contribution in [0.1, 0.15) is 21.6 Å². The van der Waals surface area contributed by atoms with Crippen molar-refractivity contribution in [2.75, 3.05) is 0 Å². The van der Waals surface area contributed by atoms with Crippen LogP contribution in [0.4, 0.5) is 11.5 Å². The lowest BCUT2D eigenvalue weighted by atomic mass is 10.2. The van der Waals surface area contributed by atoms with Crippen LogP contribution < -0.4 is 0 Å². The molecule has 0 aliphatic rings. The topological polar surface area (TPSA) is 79.3 Å². The summed E-state index contributed by atoms with van der Waals surface area (Å²) in [7, 11) is 0. The molecule has 0 spiro atoms. The highest BCUT2D eigenvalue weighted by Gasteiger charge is 2.18. The first kappa shape index (κ1) is 13.9. The lowest BCUT2D eigenvalue weighted by Crippen LogP contribution is -1.96. The van der Waals surface area contributed by atoms with E-state index in [1.807, 2.05) is 44.2 Å². The number of hydrogen-bond acceptors (Lipinski definition) is 4. The lowest BCUT2D eigenvalue weighted by Gasteiger charge is -1.99. The summed E-state index contributed by atoms with van der Waals surface area (Å²) in [5.74, 6) is -0.908. The second-order valence-electron chi connectivity index (χ2n) is 5.01. The molecule has 0 bridgehead atoms. The molecule has 22 heavy (non-hydrogen) atoms. The van der Waals surface area contributed by atoms with Gasteiger partial charge in [0.15, 0.2) is 11.5 Å². The first-order chi connectivity index (χ1) is 10.6. The quantitative estimate of drug-likeness (QED) is 0.739. The number of rotatable bonds is 3. The van der Waals surface area contributed by atoms with Gasteiger partial charge in [-0.3, -0.25) is 4.40 Å². The Bertz CT molecular complexity index is 896. The molecule has 0 aliphatic carbocycles. The molecule has 1 N–H and O–H groups in total. The van der Waals surface area contributed by atoms with Crippen LogP contribution in [-0.4, -0.2) is 20.5 Å². The molecule has 110 valence electrons. The van der Waals surface area contributed by atoms with E-state index < -0.39 is 5.97 Å². The largest absolute Gasteiger partial charge is 0.476 e. The Hall–Kier alpha value is -3.02. The minimum absolute atomic E-state index is 0.108. The average molecular weight is 294 g/mol. The number of imidazole rings is 1. The smallest absolute Gasteiger partial charge is 0.358 e. The third kappa shape index (κ3) is 2.46. The number of azo groups is 1. The van der Waals surface area contributed by atoms with Gasteiger partial charge < -0.3 is 5.11 Å². The molecule has 0 fully saturated rings. The van der Waals surface area contributed by atoms with Crippen LogP contribution in [0.25, 0.3) is 5.65 Å².